The Labute approximate surface area is 123 Å². The van der Waals surface area contributed by atoms with Gasteiger partial charge in [-0.1, -0.05) is 0 Å². The van der Waals surface area contributed by atoms with E-state index in [-0.39, 0.29) is 11.5 Å². The molecular formula is C13H18N4O3S. The smallest absolute Gasteiger partial charge is 0.238 e. The summed E-state index contributed by atoms with van der Waals surface area (Å²) in [6, 6.07) is 1.53. The summed E-state index contributed by atoms with van der Waals surface area (Å²) in [6.07, 6.45) is 1.45. The lowest BCUT2D eigenvalue weighted by Crippen LogP contribution is -2.15. The molecule has 0 bridgehead atoms. The Balaban J connectivity index is 2.38. The van der Waals surface area contributed by atoms with Crippen LogP contribution in [0.15, 0.2) is 17.3 Å². The third-order valence-electron chi connectivity index (χ3n) is 3.44. The van der Waals surface area contributed by atoms with Crippen molar-refractivity contribution in [3.05, 3.63) is 34.9 Å². The number of nitrogens with two attached hydrogens (primary N) is 1. The second-order valence-electron chi connectivity index (χ2n) is 4.90. The normalized spacial score (nSPS) is 11.7. The first-order chi connectivity index (χ1) is 9.71. The first-order valence-electron chi connectivity index (χ1n) is 6.31. The molecule has 2 N–H and O–H groups in total. The highest BCUT2D eigenvalue weighted by molar-refractivity contribution is 7.89. The molecule has 0 unspecified atom stereocenters. The van der Waals surface area contributed by atoms with Crippen LogP contribution in [0.4, 0.5) is 0 Å². The lowest BCUT2D eigenvalue weighted by atomic mass is 10.1. The Kier molecular flexibility index (Phi) is 4.02. The Morgan fingerprint density at radius 1 is 1.29 bits per heavy atom. The summed E-state index contributed by atoms with van der Waals surface area (Å²) in [5.41, 5.74) is 2.06. The number of ether oxygens (including phenoxy) is 1. The monoisotopic (exact) mass is 310 g/mol. The lowest BCUT2D eigenvalue weighted by Gasteiger charge is -2.16. The number of sulfonamides is 1. The minimum absolute atomic E-state index is 0.128. The number of hydrogen-bond acceptors (Lipinski definition) is 5. The summed E-state index contributed by atoms with van der Waals surface area (Å²) in [5.74, 6) is 1.32. The second kappa shape index (κ2) is 5.45. The van der Waals surface area contributed by atoms with Gasteiger partial charge in [0.25, 0.3) is 0 Å². The summed E-state index contributed by atoms with van der Waals surface area (Å²) in [4.78, 5) is 4.21. The van der Waals surface area contributed by atoms with Crippen molar-refractivity contribution < 1.29 is 13.2 Å². The van der Waals surface area contributed by atoms with Crippen LogP contribution < -0.4 is 9.88 Å². The van der Waals surface area contributed by atoms with E-state index in [1.54, 1.807) is 25.6 Å². The van der Waals surface area contributed by atoms with Crippen LogP contribution in [0.5, 0.6) is 5.75 Å². The molecule has 0 aliphatic carbocycles. The minimum atomic E-state index is -3.74. The third kappa shape index (κ3) is 3.06. The Morgan fingerprint density at radius 3 is 2.48 bits per heavy atom. The predicted molar refractivity (Wildman–Crippen MR) is 77.4 cm³/mol. The number of hydrogen-bond donors (Lipinski definition) is 1. The maximum absolute atomic E-state index is 11.6. The molecule has 114 valence electrons. The van der Waals surface area contributed by atoms with E-state index in [1.807, 2.05) is 6.92 Å². The lowest BCUT2D eigenvalue weighted by molar-refractivity contribution is 0.285. The fourth-order valence-corrected chi connectivity index (χ4v) is 3.05. The molecule has 0 saturated heterocycles. The van der Waals surface area contributed by atoms with E-state index < -0.39 is 10.0 Å². The quantitative estimate of drug-likeness (QED) is 0.907. The van der Waals surface area contributed by atoms with Crippen molar-refractivity contribution in [2.45, 2.75) is 32.3 Å². The molecule has 1 heterocycles. The molecule has 0 aliphatic heterocycles. The number of aryl methyl sites for hydroxylation is 2. The highest BCUT2D eigenvalue weighted by Crippen LogP contribution is 2.31. The summed E-state index contributed by atoms with van der Waals surface area (Å²) in [6.45, 7) is 5.56. The van der Waals surface area contributed by atoms with Gasteiger partial charge >= 0.3 is 0 Å². The van der Waals surface area contributed by atoms with Crippen LogP contribution in [-0.2, 0) is 23.7 Å². The average Bonchev–Trinajstić information content (AvgIpc) is 2.78. The number of nitrogens with zero attached hydrogens (tertiary/aromatic N) is 3. The fraction of sp³-hybridized carbons (Fsp3) is 0.385. The molecule has 7 nitrogen and oxygen atoms in total. The van der Waals surface area contributed by atoms with Crippen molar-refractivity contribution in [2.75, 3.05) is 0 Å². The van der Waals surface area contributed by atoms with E-state index in [0.717, 1.165) is 5.56 Å². The molecule has 0 fully saturated rings. The van der Waals surface area contributed by atoms with E-state index in [4.69, 9.17) is 9.88 Å². The van der Waals surface area contributed by atoms with Gasteiger partial charge in [-0.15, -0.1) is 0 Å². The summed E-state index contributed by atoms with van der Waals surface area (Å²) in [7, 11) is -1.96. The standard InChI is InChI=1S/C13H18N4O3S/c1-8-5-11(21(14,18)19)9(2)10(3)13(8)20-6-12-15-7-16-17(12)4/h5,7H,6H2,1-4H3,(H2,14,18,19). The molecule has 0 atom stereocenters. The Hall–Kier alpha value is -1.93. The van der Waals surface area contributed by atoms with Crippen LogP contribution in [0.1, 0.15) is 22.5 Å². The Morgan fingerprint density at radius 2 is 1.95 bits per heavy atom. The van der Waals surface area contributed by atoms with E-state index in [0.29, 0.717) is 22.7 Å². The molecule has 2 rings (SSSR count). The van der Waals surface area contributed by atoms with Gasteiger partial charge in [-0.3, -0.25) is 4.68 Å². The van der Waals surface area contributed by atoms with Crippen molar-refractivity contribution in [3.8, 4) is 5.75 Å². The highest BCUT2D eigenvalue weighted by Gasteiger charge is 2.18. The largest absolute Gasteiger partial charge is 0.485 e. The number of aromatic nitrogens is 3. The molecule has 0 amide bonds. The minimum Gasteiger partial charge on any atom is -0.485 e. The molecule has 2 aromatic rings. The van der Waals surface area contributed by atoms with Gasteiger partial charge in [0, 0.05) is 7.05 Å². The third-order valence-corrected chi connectivity index (χ3v) is 4.47. The molecule has 1 aromatic carbocycles. The predicted octanol–water partition coefficient (Wildman–Crippen LogP) is 0.967. The highest BCUT2D eigenvalue weighted by atomic mass is 32.2. The van der Waals surface area contributed by atoms with Crippen LogP contribution in [0.25, 0.3) is 0 Å². The SMILES string of the molecule is Cc1cc(S(N)(=O)=O)c(C)c(C)c1OCc1ncnn1C. The van der Waals surface area contributed by atoms with Crippen molar-refractivity contribution in [2.24, 2.45) is 12.2 Å². The maximum Gasteiger partial charge on any atom is 0.238 e. The van der Waals surface area contributed by atoms with Gasteiger partial charge in [0.05, 0.1) is 4.90 Å². The van der Waals surface area contributed by atoms with E-state index in [9.17, 15) is 8.42 Å². The molecule has 1 aromatic heterocycles. The van der Waals surface area contributed by atoms with Gasteiger partial charge in [0.15, 0.2) is 5.82 Å². The summed E-state index contributed by atoms with van der Waals surface area (Å²) in [5, 5.41) is 9.19. The maximum atomic E-state index is 11.6. The molecule has 0 saturated carbocycles. The van der Waals surface area contributed by atoms with Crippen LogP contribution >= 0.6 is 0 Å². The first kappa shape index (κ1) is 15.5. The van der Waals surface area contributed by atoms with Gasteiger partial charge < -0.3 is 4.74 Å². The van der Waals surface area contributed by atoms with Crippen molar-refractivity contribution >= 4 is 10.0 Å². The molecule has 0 spiro atoms. The van der Waals surface area contributed by atoms with Gasteiger partial charge in [-0.2, -0.15) is 5.10 Å². The Bertz CT molecular complexity index is 781. The number of rotatable bonds is 4. The van der Waals surface area contributed by atoms with Crippen molar-refractivity contribution in [3.63, 3.8) is 0 Å². The van der Waals surface area contributed by atoms with E-state index >= 15 is 0 Å². The van der Waals surface area contributed by atoms with Gasteiger partial charge in [-0.25, -0.2) is 18.5 Å². The van der Waals surface area contributed by atoms with Crippen LogP contribution in [0.3, 0.4) is 0 Å². The van der Waals surface area contributed by atoms with E-state index in [2.05, 4.69) is 10.1 Å². The molecule has 21 heavy (non-hydrogen) atoms. The van der Waals surface area contributed by atoms with Crippen LogP contribution in [0, 0.1) is 20.8 Å². The van der Waals surface area contributed by atoms with Crippen LogP contribution in [-0.4, -0.2) is 23.2 Å². The van der Waals surface area contributed by atoms with Crippen molar-refractivity contribution in [1.29, 1.82) is 0 Å². The zero-order valence-corrected chi connectivity index (χ0v) is 13.2. The number of benzene rings is 1. The van der Waals surface area contributed by atoms with Crippen LogP contribution in [0.2, 0.25) is 0 Å². The zero-order chi connectivity index (χ0) is 15.8. The van der Waals surface area contributed by atoms with Gasteiger partial charge in [0.1, 0.15) is 18.7 Å². The molecule has 8 heteroatoms. The fourth-order valence-electron chi connectivity index (χ4n) is 2.13. The average molecular weight is 310 g/mol. The molecule has 0 aliphatic rings. The summed E-state index contributed by atoms with van der Waals surface area (Å²) >= 11 is 0. The molecular weight excluding hydrogens is 292 g/mol. The topological polar surface area (TPSA) is 100 Å². The van der Waals surface area contributed by atoms with Gasteiger partial charge in [0.2, 0.25) is 10.0 Å². The molecule has 0 radical (unpaired) electrons. The van der Waals surface area contributed by atoms with Gasteiger partial charge in [-0.05, 0) is 43.5 Å². The zero-order valence-electron chi connectivity index (χ0n) is 12.4. The van der Waals surface area contributed by atoms with E-state index in [1.165, 1.54) is 12.4 Å². The first-order valence-corrected chi connectivity index (χ1v) is 7.85. The van der Waals surface area contributed by atoms with Crippen molar-refractivity contribution in [1.82, 2.24) is 14.8 Å². The second-order valence-corrected chi connectivity index (χ2v) is 6.43. The summed E-state index contributed by atoms with van der Waals surface area (Å²) < 4.78 is 30.6. The number of primary sulfonamides is 1.